The molecule has 0 aliphatic carbocycles. The summed E-state index contributed by atoms with van der Waals surface area (Å²) in [6.45, 7) is 10.4. The first-order valence-corrected chi connectivity index (χ1v) is 8.02. The van der Waals surface area contributed by atoms with Gasteiger partial charge in [-0.15, -0.1) is 0 Å². The summed E-state index contributed by atoms with van der Waals surface area (Å²) in [4.78, 5) is 5.35. The average molecular weight is 269 g/mol. The first-order valence-electron chi connectivity index (χ1n) is 8.02. The van der Waals surface area contributed by atoms with Gasteiger partial charge < -0.3 is 15.0 Å². The van der Waals surface area contributed by atoms with Crippen LogP contribution in [0, 0.1) is 0 Å². The molecule has 2 unspecified atom stereocenters. The highest BCUT2D eigenvalue weighted by molar-refractivity contribution is 4.86. The highest BCUT2D eigenvalue weighted by atomic mass is 16.5. The zero-order valence-electron chi connectivity index (χ0n) is 12.7. The molecule has 2 rings (SSSR count). The van der Waals surface area contributed by atoms with E-state index >= 15 is 0 Å². The molecule has 0 saturated carbocycles. The van der Waals surface area contributed by atoms with Crippen molar-refractivity contribution in [2.75, 3.05) is 53.0 Å². The summed E-state index contributed by atoms with van der Waals surface area (Å²) in [7, 11) is 1.81. The molecule has 0 amide bonds. The van der Waals surface area contributed by atoms with E-state index in [1.54, 1.807) is 0 Å². The number of rotatable bonds is 7. The van der Waals surface area contributed by atoms with Gasteiger partial charge in [-0.25, -0.2) is 0 Å². The summed E-state index contributed by atoms with van der Waals surface area (Å²) in [5, 5.41) is 3.62. The molecule has 2 aliphatic heterocycles. The van der Waals surface area contributed by atoms with Crippen LogP contribution in [0.5, 0.6) is 0 Å². The summed E-state index contributed by atoms with van der Waals surface area (Å²) in [6.07, 6.45) is 5.31. The van der Waals surface area contributed by atoms with Crippen LogP contribution >= 0.6 is 0 Å². The Morgan fingerprint density at radius 2 is 2.11 bits per heavy atom. The van der Waals surface area contributed by atoms with Crippen LogP contribution in [-0.2, 0) is 4.74 Å². The third-order valence-corrected chi connectivity index (χ3v) is 4.42. The predicted molar refractivity (Wildman–Crippen MR) is 79.6 cm³/mol. The minimum atomic E-state index is 0.484. The molecule has 2 saturated heterocycles. The molecule has 0 radical (unpaired) electrons. The summed E-state index contributed by atoms with van der Waals surface area (Å²) in [6, 6.07) is 1.30. The molecular weight excluding hydrogens is 238 g/mol. The number of fused-ring (bicyclic) bond motifs is 1. The Kier molecular flexibility index (Phi) is 6.57. The minimum Gasteiger partial charge on any atom is -0.383 e. The zero-order valence-corrected chi connectivity index (χ0v) is 12.7. The van der Waals surface area contributed by atoms with E-state index in [1.165, 1.54) is 51.9 Å². The zero-order chi connectivity index (χ0) is 13.5. The van der Waals surface area contributed by atoms with E-state index in [-0.39, 0.29) is 0 Å². The normalized spacial score (nSPS) is 27.2. The van der Waals surface area contributed by atoms with Gasteiger partial charge in [0, 0.05) is 32.3 Å². The lowest BCUT2D eigenvalue weighted by Crippen LogP contribution is -2.46. The van der Waals surface area contributed by atoms with Gasteiger partial charge in [-0.1, -0.05) is 6.92 Å². The van der Waals surface area contributed by atoms with Crippen LogP contribution in [-0.4, -0.2) is 74.9 Å². The van der Waals surface area contributed by atoms with Crippen LogP contribution < -0.4 is 5.32 Å². The number of nitrogens with zero attached hydrogens (tertiary/aromatic N) is 2. The highest BCUT2D eigenvalue weighted by Crippen LogP contribution is 2.21. The van der Waals surface area contributed by atoms with E-state index < -0.39 is 0 Å². The quantitative estimate of drug-likeness (QED) is 0.751. The molecule has 0 aromatic rings. The lowest BCUT2D eigenvalue weighted by Gasteiger charge is -2.29. The number of nitrogens with one attached hydrogen (secondary N) is 1. The second-order valence-electron chi connectivity index (χ2n) is 6.05. The summed E-state index contributed by atoms with van der Waals surface area (Å²) in [5.74, 6) is 0. The van der Waals surface area contributed by atoms with Gasteiger partial charge in [-0.3, -0.25) is 4.90 Å². The molecule has 0 spiro atoms. The largest absolute Gasteiger partial charge is 0.383 e. The van der Waals surface area contributed by atoms with Crippen LogP contribution in [0.4, 0.5) is 0 Å². The second-order valence-corrected chi connectivity index (χ2v) is 6.05. The number of methoxy groups -OCH3 is 1. The summed E-state index contributed by atoms with van der Waals surface area (Å²) in [5.41, 5.74) is 0. The topological polar surface area (TPSA) is 27.7 Å². The maximum absolute atomic E-state index is 5.36. The van der Waals surface area contributed by atoms with Gasteiger partial charge in [0.1, 0.15) is 0 Å². The minimum absolute atomic E-state index is 0.484. The Labute approximate surface area is 118 Å². The van der Waals surface area contributed by atoms with E-state index in [4.69, 9.17) is 4.74 Å². The lowest BCUT2D eigenvalue weighted by atomic mass is 10.2. The fourth-order valence-corrected chi connectivity index (χ4v) is 3.49. The third-order valence-electron chi connectivity index (χ3n) is 4.42. The number of hydrogen-bond acceptors (Lipinski definition) is 4. The Morgan fingerprint density at radius 3 is 2.89 bits per heavy atom. The van der Waals surface area contributed by atoms with Gasteiger partial charge >= 0.3 is 0 Å². The van der Waals surface area contributed by atoms with Gasteiger partial charge in [0.25, 0.3) is 0 Å². The number of ether oxygens (including phenoxy) is 1. The van der Waals surface area contributed by atoms with Gasteiger partial charge in [-0.2, -0.15) is 0 Å². The standard InChI is InChI=1S/C15H31N3O/c1-3-7-16-14(13-19-2)11-17-8-5-10-18-9-4-6-15(18)12-17/h14-16H,3-13H2,1-2H3. The molecule has 4 heteroatoms. The predicted octanol–water partition coefficient (Wildman–Crippen LogP) is 1.17. The first-order chi connectivity index (χ1) is 9.33. The van der Waals surface area contributed by atoms with Gasteiger partial charge in [0.2, 0.25) is 0 Å². The van der Waals surface area contributed by atoms with Gasteiger partial charge in [-0.05, 0) is 51.9 Å². The molecule has 4 nitrogen and oxygen atoms in total. The monoisotopic (exact) mass is 269 g/mol. The molecular formula is C15H31N3O. The highest BCUT2D eigenvalue weighted by Gasteiger charge is 2.29. The van der Waals surface area contributed by atoms with E-state index in [0.29, 0.717) is 6.04 Å². The molecule has 19 heavy (non-hydrogen) atoms. The second kappa shape index (κ2) is 8.20. The molecule has 0 aromatic carbocycles. The SMILES string of the molecule is CCCNC(COC)CN1CCCN2CCCC2C1. The Bertz CT molecular complexity index is 250. The van der Waals surface area contributed by atoms with Crippen LogP contribution in [0.25, 0.3) is 0 Å². The Balaban J connectivity index is 1.81. The van der Waals surface area contributed by atoms with E-state index in [9.17, 15) is 0 Å². The average Bonchev–Trinajstić information content (AvgIpc) is 2.75. The Hall–Kier alpha value is -0.160. The van der Waals surface area contributed by atoms with Crippen molar-refractivity contribution in [1.82, 2.24) is 15.1 Å². The maximum atomic E-state index is 5.36. The van der Waals surface area contributed by atoms with Crippen molar-refractivity contribution in [3.05, 3.63) is 0 Å². The molecule has 0 aromatic heterocycles. The molecule has 2 fully saturated rings. The summed E-state index contributed by atoms with van der Waals surface area (Å²) < 4.78 is 5.36. The molecule has 2 heterocycles. The first kappa shape index (κ1) is 15.2. The fraction of sp³-hybridized carbons (Fsp3) is 1.00. The molecule has 1 N–H and O–H groups in total. The molecule has 2 aliphatic rings. The van der Waals surface area contributed by atoms with Crippen molar-refractivity contribution >= 4 is 0 Å². The Morgan fingerprint density at radius 1 is 1.26 bits per heavy atom. The van der Waals surface area contributed by atoms with Crippen molar-refractivity contribution in [2.45, 2.75) is 44.7 Å². The van der Waals surface area contributed by atoms with E-state index in [0.717, 1.165) is 25.7 Å². The van der Waals surface area contributed by atoms with E-state index in [2.05, 4.69) is 22.0 Å². The van der Waals surface area contributed by atoms with Crippen molar-refractivity contribution in [3.8, 4) is 0 Å². The van der Waals surface area contributed by atoms with Crippen molar-refractivity contribution < 1.29 is 4.74 Å². The van der Waals surface area contributed by atoms with Crippen LogP contribution in [0.15, 0.2) is 0 Å². The molecule has 2 atom stereocenters. The van der Waals surface area contributed by atoms with Crippen LogP contribution in [0.2, 0.25) is 0 Å². The molecule has 0 bridgehead atoms. The van der Waals surface area contributed by atoms with Gasteiger partial charge in [0.05, 0.1) is 6.61 Å². The van der Waals surface area contributed by atoms with Crippen molar-refractivity contribution in [3.63, 3.8) is 0 Å². The van der Waals surface area contributed by atoms with Crippen LogP contribution in [0.1, 0.15) is 32.6 Å². The lowest BCUT2D eigenvalue weighted by molar-refractivity contribution is 0.133. The van der Waals surface area contributed by atoms with Gasteiger partial charge in [0.15, 0.2) is 0 Å². The maximum Gasteiger partial charge on any atom is 0.0628 e. The van der Waals surface area contributed by atoms with Crippen LogP contribution in [0.3, 0.4) is 0 Å². The number of hydrogen-bond donors (Lipinski definition) is 1. The van der Waals surface area contributed by atoms with E-state index in [1.807, 2.05) is 7.11 Å². The third kappa shape index (κ3) is 4.71. The van der Waals surface area contributed by atoms with Crippen molar-refractivity contribution in [1.29, 1.82) is 0 Å². The fourth-order valence-electron chi connectivity index (χ4n) is 3.49. The summed E-state index contributed by atoms with van der Waals surface area (Å²) >= 11 is 0. The molecule has 112 valence electrons. The van der Waals surface area contributed by atoms with Crippen molar-refractivity contribution in [2.24, 2.45) is 0 Å². The smallest absolute Gasteiger partial charge is 0.0628 e.